The number of halogens is 1. The molecular weight excluding hydrogens is 479 g/mol. The zero-order valence-electron chi connectivity index (χ0n) is 16.7. The van der Waals surface area contributed by atoms with Crippen molar-refractivity contribution in [3.63, 3.8) is 0 Å². The number of benzene rings is 2. The predicted molar refractivity (Wildman–Crippen MR) is 125 cm³/mol. The van der Waals surface area contributed by atoms with Crippen molar-refractivity contribution >= 4 is 29.9 Å². The van der Waals surface area contributed by atoms with Crippen LogP contribution in [0.4, 0.5) is 0 Å². The van der Waals surface area contributed by atoms with Gasteiger partial charge in [-0.2, -0.15) is 5.10 Å². The fourth-order valence-corrected chi connectivity index (χ4v) is 2.59. The molecule has 0 aliphatic heterocycles. The Morgan fingerprint density at radius 1 is 1.03 bits per heavy atom. The number of nitrogens with zero attached hydrogens (tertiary/aromatic N) is 4. The van der Waals surface area contributed by atoms with E-state index in [1.807, 2.05) is 56.4 Å². The molecule has 154 valence electrons. The van der Waals surface area contributed by atoms with E-state index in [0.717, 1.165) is 35.2 Å². The van der Waals surface area contributed by atoms with Crippen molar-refractivity contribution in [1.29, 1.82) is 0 Å². The average molecular weight is 506 g/mol. The molecule has 7 nitrogen and oxygen atoms in total. The Bertz CT molecular complexity index is 880. The maximum absolute atomic E-state index is 5.83. The highest BCUT2D eigenvalue weighted by atomic mass is 127. The van der Waals surface area contributed by atoms with Gasteiger partial charge in [-0.1, -0.05) is 42.5 Å². The van der Waals surface area contributed by atoms with Crippen LogP contribution in [0.1, 0.15) is 23.9 Å². The first-order valence-corrected chi connectivity index (χ1v) is 9.35. The van der Waals surface area contributed by atoms with Crippen LogP contribution >= 0.6 is 24.0 Å². The second-order valence-corrected chi connectivity index (χ2v) is 6.27. The first kappa shape index (κ1) is 22.7. The summed E-state index contributed by atoms with van der Waals surface area (Å²) in [6.07, 6.45) is 1.54. The number of aliphatic imine (C=N–C) groups is 1. The van der Waals surface area contributed by atoms with Gasteiger partial charge in [-0.3, -0.25) is 4.68 Å². The molecule has 0 saturated carbocycles. The summed E-state index contributed by atoms with van der Waals surface area (Å²) in [4.78, 5) is 8.84. The number of rotatable bonds is 8. The standard InChI is InChI=1S/C21H26N6O.HI/c1-3-22-21(24-14-20-25-16-26-27(20)2)23-13-17-9-11-19(12-10-17)28-15-18-7-5-4-6-8-18;/h4-12,16H,3,13-15H2,1-2H3,(H2,22,23,24);1H. The Hall–Kier alpha value is -2.62. The molecule has 0 unspecified atom stereocenters. The van der Waals surface area contributed by atoms with E-state index in [1.165, 1.54) is 0 Å². The van der Waals surface area contributed by atoms with Crippen molar-refractivity contribution in [3.05, 3.63) is 77.9 Å². The summed E-state index contributed by atoms with van der Waals surface area (Å²) < 4.78 is 7.57. The van der Waals surface area contributed by atoms with Gasteiger partial charge in [0, 0.05) is 13.6 Å². The Labute approximate surface area is 188 Å². The largest absolute Gasteiger partial charge is 0.489 e. The van der Waals surface area contributed by atoms with Gasteiger partial charge in [-0.15, -0.1) is 24.0 Å². The van der Waals surface area contributed by atoms with E-state index in [-0.39, 0.29) is 24.0 Å². The molecule has 1 aromatic heterocycles. The van der Waals surface area contributed by atoms with Gasteiger partial charge in [0.1, 0.15) is 24.5 Å². The van der Waals surface area contributed by atoms with Crippen LogP contribution in [-0.4, -0.2) is 27.3 Å². The van der Waals surface area contributed by atoms with Crippen molar-refractivity contribution in [1.82, 2.24) is 25.4 Å². The summed E-state index contributed by atoms with van der Waals surface area (Å²) in [6.45, 7) is 4.53. The number of hydrogen-bond donors (Lipinski definition) is 2. The third-order valence-corrected chi connectivity index (χ3v) is 4.15. The molecule has 2 N–H and O–H groups in total. The van der Waals surface area contributed by atoms with Crippen LogP contribution in [0.2, 0.25) is 0 Å². The molecule has 3 aromatic rings. The van der Waals surface area contributed by atoms with E-state index in [4.69, 9.17) is 4.74 Å². The Balaban J connectivity index is 0.00000300. The third kappa shape index (κ3) is 7.37. The summed E-state index contributed by atoms with van der Waals surface area (Å²) in [5.41, 5.74) is 2.27. The van der Waals surface area contributed by atoms with Crippen molar-refractivity contribution in [2.75, 3.05) is 6.54 Å². The number of ether oxygens (including phenoxy) is 1. The normalized spacial score (nSPS) is 10.9. The first-order chi connectivity index (χ1) is 13.7. The second-order valence-electron chi connectivity index (χ2n) is 6.27. The summed E-state index contributed by atoms with van der Waals surface area (Å²) >= 11 is 0. The van der Waals surface area contributed by atoms with Gasteiger partial charge in [0.05, 0.1) is 13.1 Å². The molecule has 0 aliphatic rings. The summed E-state index contributed by atoms with van der Waals surface area (Å²) in [5, 5.41) is 10.6. The zero-order chi connectivity index (χ0) is 19.6. The molecule has 0 amide bonds. The van der Waals surface area contributed by atoms with Gasteiger partial charge < -0.3 is 15.4 Å². The highest BCUT2D eigenvalue weighted by molar-refractivity contribution is 14.0. The van der Waals surface area contributed by atoms with Gasteiger partial charge in [0.25, 0.3) is 0 Å². The van der Waals surface area contributed by atoms with E-state index < -0.39 is 0 Å². The number of nitrogens with one attached hydrogen (secondary N) is 2. The van der Waals surface area contributed by atoms with Crippen molar-refractivity contribution < 1.29 is 4.74 Å². The maximum Gasteiger partial charge on any atom is 0.191 e. The molecule has 0 radical (unpaired) electrons. The predicted octanol–water partition coefficient (Wildman–Crippen LogP) is 3.27. The minimum Gasteiger partial charge on any atom is -0.489 e. The average Bonchev–Trinajstić information content (AvgIpc) is 3.15. The third-order valence-electron chi connectivity index (χ3n) is 4.15. The highest BCUT2D eigenvalue weighted by Gasteiger charge is 2.03. The van der Waals surface area contributed by atoms with Crippen LogP contribution in [-0.2, 0) is 26.7 Å². The molecule has 0 atom stereocenters. The van der Waals surface area contributed by atoms with Crippen LogP contribution in [0.25, 0.3) is 0 Å². The fourth-order valence-electron chi connectivity index (χ4n) is 2.59. The van der Waals surface area contributed by atoms with Crippen LogP contribution in [0, 0.1) is 0 Å². The van der Waals surface area contributed by atoms with E-state index >= 15 is 0 Å². The lowest BCUT2D eigenvalue weighted by molar-refractivity contribution is 0.306. The number of aryl methyl sites for hydroxylation is 1. The minimum absolute atomic E-state index is 0. The fraction of sp³-hybridized carbons (Fsp3) is 0.286. The monoisotopic (exact) mass is 506 g/mol. The molecule has 0 aliphatic carbocycles. The minimum atomic E-state index is 0. The molecule has 0 bridgehead atoms. The smallest absolute Gasteiger partial charge is 0.191 e. The molecule has 3 rings (SSSR count). The number of guanidine groups is 1. The van der Waals surface area contributed by atoms with Crippen LogP contribution in [0.15, 0.2) is 65.9 Å². The molecule has 0 saturated heterocycles. The zero-order valence-corrected chi connectivity index (χ0v) is 19.0. The lowest BCUT2D eigenvalue weighted by Gasteiger charge is -2.11. The summed E-state index contributed by atoms with van der Waals surface area (Å²) in [6, 6.07) is 18.2. The van der Waals surface area contributed by atoms with Gasteiger partial charge in [-0.05, 0) is 30.2 Å². The van der Waals surface area contributed by atoms with Gasteiger partial charge >= 0.3 is 0 Å². The van der Waals surface area contributed by atoms with Crippen molar-refractivity contribution in [2.45, 2.75) is 26.6 Å². The quantitative estimate of drug-likeness (QED) is 0.279. The topological polar surface area (TPSA) is 76.4 Å². The van der Waals surface area contributed by atoms with Crippen LogP contribution in [0.5, 0.6) is 5.75 Å². The van der Waals surface area contributed by atoms with Gasteiger partial charge in [0.2, 0.25) is 0 Å². The van der Waals surface area contributed by atoms with E-state index in [9.17, 15) is 0 Å². The Morgan fingerprint density at radius 3 is 2.45 bits per heavy atom. The van der Waals surface area contributed by atoms with Crippen molar-refractivity contribution in [2.24, 2.45) is 12.0 Å². The van der Waals surface area contributed by atoms with E-state index in [0.29, 0.717) is 19.7 Å². The second kappa shape index (κ2) is 12.1. The molecule has 29 heavy (non-hydrogen) atoms. The summed E-state index contributed by atoms with van der Waals surface area (Å²) in [5.74, 6) is 2.45. The lowest BCUT2D eigenvalue weighted by atomic mass is 10.2. The Kier molecular flexibility index (Phi) is 9.42. The Morgan fingerprint density at radius 2 is 1.79 bits per heavy atom. The van der Waals surface area contributed by atoms with Gasteiger partial charge in [-0.25, -0.2) is 9.98 Å². The maximum atomic E-state index is 5.83. The van der Waals surface area contributed by atoms with Crippen LogP contribution in [0.3, 0.4) is 0 Å². The molecule has 8 heteroatoms. The molecular formula is C21H27IN6O. The first-order valence-electron chi connectivity index (χ1n) is 9.35. The molecule has 1 heterocycles. The molecule has 0 spiro atoms. The van der Waals surface area contributed by atoms with Gasteiger partial charge in [0.15, 0.2) is 5.96 Å². The van der Waals surface area contributed by atoms with E-state index in [2.05, 4.69) is 37.8 Å². The van der Waals surface area contributed by atoms with Crippen molar-refractivity contribution in [3.8, 4) is 5.75 Å². The number of aromatic nitrogens is 3. The summed E-state index contributed by atoms with van der Waals surface area (Å²) in [7, 11) is 1.87. The van der Waals surface area contributed by atoms with E-state index in [1.54, 1.807) is 11.0 Å². The lowest BCUT2D eigenvalue weighted by Crippen LogP contribution is -2.37. The molecule has 0 fully saturated rings. The SMILES string of the molecule is CCNC(=NCc1ccc(OCc2ccccc2)cc1)NCc1ncnn1C.I. The van der Waals surface area contributed by atoms with Crippen LogP contribution < -0.4 is 15.4 Å². The number of hydrogen-bond acceptors (Lipinski definition) is 4. The highest BCUT2D eigenvalue weighted by Crippen LogP contribution is 2.14. The molecule has 2 aromatic carbocycles.